The van der Waals surface area contributed by atoms with Crippen LogP contribution in [0.5, 0.6) is 0 Å². The lowest BCUT2D eigenvalue weighted by Gasteiger charge is -2.22. The van der Waals surface area contributed by atoms with Gasteiger partial charge in [-0.25, -0.2) is 9.97 Å². The van der Waals surface area contributed by atoms with E-state index in [4.69, 9.17) is 32.9 Å². The number of hydrogen-bond donors (Lipinski definition) is 1. The molecule has 0 saturated carbocycles. The van der Waals surface area contributed by atoms with Gasteiger partial charge < -0.3 is 15.0 Å². The van der Waals surface area contributed by atoms with Gasteiger partial charge in [0, 0.05) is 43.0 Å². The molecule has 1 aliphatic heterocycles. The molecule has 0 aliphatic carbocycles. The number of ether oxygens (including phenoxy) is 1. The predicted octanol–water partition coefficient (Wildman–Crippen LogP) is 4.65. The van der Waals surface area contributed by atoms with E-state index in [1.54, 1.807) is 29.0 Å². The van der Waals surface area contributed by atoms with Gasteiger partial charge in [0.05, 0.1) is 22.9 Å². The third-order valence-electron chi connectivity index (χ3n) is 5.79. The number of aromatic nitrogens is 3. The molecule has 9 heteroatoms. The number of pyridine rings is 1. The maximum Gasteiger partial charge on any atom is 0.277 e. The lowest BCUT2D eigenvalue weighted by molar-refractivity contribution is 0.0720. The van der Waals surface area contributed by atoms with Gasteiger partial charge in [-0.15, -0.1) is 0 Å². The van der Waals surface area contributed by atoms with Crippen LogP contribution in [0.2, 0.25) is 10.0 Å². The Morgan fingerprint density at radius 2 is 2.00 bits per heavy atom. The van der Waals surface area contributed by atoms with Crippen LogP contribution in [0.1, 0.15) is 19.5 Å². The molecule has 1 aromatic carbocycles. The van der Waals surface area contributed by atoms with E-state index in [0.717, 1.165) is 5.82 Å². The van der Waals surface area contributed by atoms with Gasteiger partial charge in [0.25, 0.3) is 5.56 Å². The minimum absolute atomic E-state index is 0.0868. The fourth-order valence-electron chi connectivity index (χ4n) is 4.21. The molecule has 3 aromatic rings. The maximum atomic E-state index is 13.5. The summed E-state index contributed by atoms with van der Waals surface area (Å²) in [6, 6.07) is 10.9. The quantitative estimate of drug-likeness (QED) is 0.522. The van der Waals surface area contributed by atoms with Gasteiger partial charge in [-0.3, -0.25) is 9.36 Å². The minimum atomic E-state index is -0.141. The number of benzene rings is 1. The molecule has 3 heterocycles. The molecule has 0 bridgehead atoms. The topological polar surface area (TPSA) is 72.3 Å². The van der Waals surface area contributed by atoms with Gasteiger partial charge in [-0.2, -0.15) is 0 Å². The summed E-state index contributed by atoms with van der Waals surface area (Å²) in [6.07, 6.45) is 1.69. The molecule has 2 unspecified atom stereocenters. The normalized spacial score (nSPS) is 18.0. The Kier molecular flexibility index (Phi) is 7.22. The van der Waals surface area contributed by atoms with Crippen LogP contribution in [-0.2, 0) is 11.3 Å². The monoisotopic (exact) mass is 487 g/mol. The van der Waals surface area contributed by atoms with Crippen molar-refractivity contribution in [2.45, 2.75) is 39.5 Å². The Balaban J connectivity index is 1.68. The molecule has 7 nitrogen and oxygen atoms in total. The van der Waals surface area contributed by atoms with E-state index in [1.807, 2.05) is 39.0 Å². The van der Waals surface area contributed by atoms with Crippen LogP contribution >= 0.6 is 23.2 Å². The fourth-order valence-corrected chi connectivity index (χ4v) is 4.70. The molecule has 4 rings (SSSR count). The second-order valence-electron chi connectivity index (χ2n) is 7.91. The van der Waals surface area contributed by atoms with Crippen LogP contribution in [-0.4, -0.2) is 46.4 Å². The number of anilines is 2. The molecule has 2 aromatic heterocycles. The van der Waals surface area contributed by atoms with Crippen molar-refractivity contribution in [3.05, 3.63) is 68.7 Å². The number of halogens is 2. The number of rotatable bonds is 7. The lowest BCUT2D eigenvalue weighted by atomic mass is 10.1. The highest BCUT2D eigenvalue weighted by atomic mass is 35.5. The highest BCUT2D eigenvalue weighted by Gasteiger charge is 2.35. The van der Waals surface area contributed by atoms with Gasteiger partial charge >= 0.3 is 0 Å². The molecule has 0 spiro atoms. The van der Waals surface area contributed by atoms with Crippen molar-refractivity contribution in [1.82, 2.24) is 14.5 Å². The van der Waals surface area contributed by atoms with Gasteiger partial charge in [-0.1, -0.05) is 29.3 Å². The summed E-state index contributed by atoms with van der Waals surface area (Å²) in [7, 11) is 0. The zero-order valence-electron chi connectivity index (χ0n) is 18.9. The predicted molar refractivity (Wildman–Crippen MR) is 134 cm³/mol. The van der Waals surface area contributed by atoms with Crippen LogP contribution < -0.4 is 15.8 Å². The van der Waals surface area contributed by atoms with E-state index >= 15 is 0 Å². The van der Waals surface area contributed by atoms with Gasteiger partial charge in [0.1, 0.15) is 17.3 Å². The van der Waals surface area contributed by atoms with Crippen molar-refractivity contribution in [3.8, 4) is 11.4 Å². The van der Waals surface area contributed by atoms with Crippen molar-refractivity contribution in [3.63, 3.8) is 0 Å². The third kappa shape index (κ3) is 4.86. The number of nitrogens with one attached hydrogen (secondary N) is 1. The van der Waals surface area contributed by atoms with Crippen LogP contribution in [0, 0.1) is 6.92 Å². The lowest BCUT2D eigenvalue weighted by Crippen LogP contribution is -2.38. The summed E-state index contributed by atoms with van der Waals surface area (Å²) < 4.78 is 7.64. The molecule has 1 saturated heterocycles. The second kappa shape index (κ2) is 10.1. The molecule has 1 aliphatic rings. The van der Waals surface area contributed by atoms with Gasteiger partial charge in [0.15, 0.2) is 0 Å². The average molecular weight is 488 g/mol. The van der Waals surface area contributed by atoms with E-state index in [9.17, 15) is 4.79 Å². The Morgan fingerprint density at radius 1 is 1.18 bits per heavy atom. The first-order chi connectivity index (χ1) is 15.9. The molecule has 1 N–H and O–H groups in total. The molecular formula is C24H27Cl2N5O2. The van der Waals surface area contributed by atoms with E-state index < -0.39 is 0 Å². The first kappa shape index (κ1) is 23.5. The van der Waals surface area contributed by atoms with Gasteiger partial charge in [0.2, 0.25) is 0 Å². The number of hydrogen-bond acceptors (Lipinski definition) is 6. The first-order valence-corrected chi connectivity index (χ1v) is 11.8. The zero-order valence-corrected chi connectivity index (χ0v) is 20.4. The smallest absolute Gasteiger partial charge is 0.277 e. The summed E-state index contributed by atoms with van der Waals surface area (Å²) >= 11 is 12.5. The second-order valence-corrected chi connectivity index (χ2v) is 8.75. The first-order valence-electron chi connectivity index (χ1n) is 11.0. The SMILES string of the molecule is CCOC1CN(c2ccccn2)CC1Nc1c(C)nc(-c2ccc(Cl)cc2Cl)n(CC)c1=O. The van der Waals surface area contributed by atoms with Crippen LogP contribution in [0.3, 0.4) is 0 Å². The Labute approximate surface area is 203 Å². The Hall–Kier alpha value is -2.61. The number of aryl methyl sites for hydroxylation is 1. The van der Waals surface area contributed by atoms with E-state index in [1.165, 1.54) is 0 Å². The molecule has 0 amide bonds. The fraction of sp³-hybridized carbons (Fsp3) is 0.375. The van der Waals surface area contributed by atoms with E-state index in [0.29, 0.717) is 59.1 Å². The van der Waals surface area contributed by atoms with Crippen molar-refractivity contribution in [2.24, 2.45) is 0 Å². The number of nitrogens with zero attached hydrogens (tertiary/aromatic N) is 4. The van der Waals surface area contributed by atoms with Crippen LogP contribution in [0.15, 0.2) is 47.4 Å². The van der Waals surface area contributed by atoms with Crippen molar-refractivity contribution in [2.75, 3.05) is 29.9 Å². The van der Waals surface area contributed by atoms with Gasteiger partial charge in [-0.05, 0) is 51.1 Å². The molecule has 174 valence electrons. The summed E-state index contributed by atoms with van der Waals surface area (Å²) in [4.78, 5) is 24.9. The minimum Gasteiger partial charge on any atom is -0.374 e. The average Bonchev–Trinajstić information content (AvgIpc) is 3.20. The standard InChI is InChI=1S/C24H27Cl2N5O2/c1-4-31-23(17-10-9-16(25)12-18(17)26)28-15(3)22(24(31)32)29-19-13-30(14-20(19)33-5-2)21-8-6-7-11-27-21/h6-12,19-20,29H,4-5,13-14H2,1-3H3. The summed E-state index contributed by atoms with van der Waals surface area (Å²) in [5.41, 5.74) is 1.61. The van der Waals surface area contributed by atoms with Crippen molar-refractivity contribution >= 4 is 34.7 Å². The zero-order chi connectivity index (χ0) is 23.5. The molecule has 1 fully saturated rings. The van der Waals surface area contributed by atoms with Crippen LogP contribution in [0.4, 0.5) is 11.5 Å². The maximum absolute atomic E-state index is 13.5. The highest BCUT2D eigenvalue weighted by Crippen LogP contribution is 2.30. The molecule has 0 radical (unpaired) electrons. The highest BCUT2D eigenvalue weighted by molar-refractivity contribution is 6.36. The Bertz CT molecular complexity index is 1190. The summed E-state index contributed by atoms with van der Waals surface area (Å²) in [5.74, 6) is 1.41. The van der Waals surface area contributed by atoms with Crippen molar-refractivity contribution in [1.29, 1.82) is 0 Å². The summed E-state index contributed by atoms with van der Waals surface area (Å²) in [5, 5.41) is 4.43. The largest absolute Gasteiger partial charge is 0.374 e. The van der Waals surface area contributed by atoms with Crippen LogP contribution in [0.25, 0.3) is 11.4 Å². The molecule has 2 atom stereocenters. The Morgan fingerprint density at radius 3 is 2.67 bits per heavy atom. The van der Waals surface area contributed by atoms with E-state index in [-0.39, 0.29) is 17.7 Å². The third-order valence-corrected chi connectivity index (χ3v) is 6.34. The molecular weight excluding hydrogens is 461 g/mol. The van der Waals surface area contributed by atoms with Crippen molar-refractivity contribution < 1.29 is 4.74 Å². The molecule has 33 heavy (non-hydrogen) atoms. The van der Waals surface area contributed by atoms with E-state index in [2.05, 4.69) is 15.2 Å². The summed E-state index contributed by atoms with van der Waals surface area (Å²) in [6.45, 7) is 8.11.